The van der Waals surface area contributed by atoms with Crippen LogP contribution >= 0.6 is 15.9 Å². The lowest BCUT2D eigenvalue weighted by molar-refractivity contribution is -0.138. The van der Waals surface area contributed by atoms with Crippen LogP contribution in [0.3, 0.4) is 0 Å². The Morgan fingerprint density at radius 2 is 2.04 bits per heavy atom. The molecule has 1 aromatic rings. The Hall–Kier alpha value is -1.41. The van der Waals surface area contributed by atoms with Crippen LogP contribution in [0.25, 0.3) is 0 Å². The SMILES string of the molecule is CCC(C)N(C(=O)COC(=O)c1ccccc1Br)C1CCS(=O)(=O)C1. The van der Waals surface area contributed by atoms with E-state index in [1.807, 2.05) is 13.8 Å². The second-order valence-electron chi connectivity index (χ2n) is 6.17. The Bertz CT molecular complexity index is 749. The first-order valence-corrected chi connectivity index (χ1v) is 10.8. The third-order valence-electron chi connectivity index (χ3n) is 4.38. The van der Waals surface area contributed by atoms with Crippen molar-refractivity contribution in [2.75, 3.05) is 18.1 Å². The van der Waals surface area contributed by atoms with Gasteiger partial charge in [-0.25, -0.2) is 13.2 Å². The molecular formula is C17H22BrNO5S. The number of ether oxygens (including phenoxy) is 1. The van der Waals surface area contributed by atoms with Crippen LogP contribution in [-0.4, -0.2) is 55.4 Å². The van der Waals surface area contributed by atoms with E-state index < -0.39 is 22.4 Å². The molecule has 1 heterocycles. The second kappa shape index (κ2) is 8.31. The average molecular weight is 432 g/mol. The molecule has 1 aliphatic rings. The summed E-state index contributed by atoms with van der Waals surface area (Å²) in [7, 11) is -3.10. The van der Waals surface area contributed by atoms with Crippen LogP contribution in [0.2, 0.25) is 0 Å². The van der Waals surface area contributed by atoms with Crippen molar-refractivity contribution >= 4 is 37.6 Å². The van der Waals surface area contributed by atoms with Crippen LogP contribution in [0.4, 0.5) is 0 Å². The van der Waals surface area contributed by atoms with Crippen molar-refractivity contribution in [3.63, 3.8) is 0 Å². The summed E-state index contributed by atoms with van der Waals surface area (Å²) in [6.07, 6.45) is 1.12. The van der Waals surface area contributed by atoms with E-state index in [9.17, 15) is 18.0 Å². The minimum absolute atomic E-state index is 0.0265. The number of hydrogen-bond donors (Lipinski definition) is 0. The molecule has 25 heavy (non-hydrogen) atoms. The third-order valence-corrected chi connectivity index (χ3v) is 6.82. The molecule has 1 aliphatic heterocycles. The van der Waals surface area contributed by atoms with E-state index in [0.29, 0.717) is 22.9 Å². The fourth-order valence-corrected chi connectivity index (χ4v) is 5.07. The first-order valence-electron chi connectivity index (χ1n) is 8.18. The number of sulfone groups is 1. The van der Waals surface area contributed by atoms with Gasteiger partial charge in [-0.1, -0.05) is 19.1 Å². The second-order valence-corrected chi connectivity index (χ2v) is 9.25. The average Bonchev–Trinajstić information content (AvgIpc) is 2.92. The van der Waals surface area contributed by atoms with E-state index in [0.717, 1.165) is 0 Å². The fourth-order valence-electron chi connectivity index (χ4n) is 2.91. The molecule has 0 bridgehead atoms. The monoisotopic (exact) mass is 431 g/mol. The van der Waals surface area contributed by atoms with Crippen molar-refractivity contribution in [3.05, 3.63) is 34.3 Å². The summed E-state index contributed by atoms with van der Waals surface area (Å²) in [6.45, 7) is 3.40. The summed E-state index contributed by atoms with van der Waals surface area (Å²) in [6, 6.07) is 6.33. The van der Waals surface area contributed by atoms with Gasteiger partial charge in [-0.05, 0) is 47.8 Å². The van der Waals surface area contributed by atoms with Crippen molar-refractivity contribution < 1.29 is 22.7 Å². The quantitative estimate of drug-likeness (QED) is 0.645. The van der Waals surface area contributed by atoms with Gasteiger partial charge >= 0.3 is 5.97 Å². The van der Waals surface area contributed by atoms with E-state index >= 15 is 0 Å². The molecule has 0 aromatic heterocycles. The molecule has 2 unspecified atom stereocenters. The molecule has 1 amide bonds. The molecule has 1 saturated heterocycles. The van der Waals surface area contributed by atoms with Gasteiger partial charge in [0.1, 0.15) is 0 Å². The molecule has 6 nitrogen and oxygen atoms in total. The highest BCUT2D eigenvalue weighted by Crippen LogP contribution is 2.22. The smallest absolute Gasteiger partial charge is 0.339 e. The number of hydrogen-bond acceptors (Lipinski definition) is 5. The Morgan fingerprint density at radius 3 is 2.60 bits per heavy atom. The number of carbonyl (C=O) groups excluding carboxylic acids is 2. The molecule has 2 rings (SSSR count). The normalized spacial score (nSPS) is 20.0. The highest BCUT2D eigenvalue weighted by atomic mass is 79.9. The van der Waals surface area contributed by atoms with Crippen LogP contribution in [0, 0.1) is 0 Å². The Kier molecular flexibility index (Phi) is 6.62. The van der Waals surface area contributed by atoms with Gasteiger partial charge in [-0.15, -0.1) is 0 Å². The van der Waals surface area contributed by atoms with Crippen molar-refractivity contribution in [1.82, 2.24) is 4.90 Å². The summed E-state index contributed by atoms with van der Waals surface area (Å²) in [4.78, 5) is 26.3. The van der Waals surface area contributed by atoms with Gasteiger partial charge in [0.05, 0.1) is 17.1 Å². The largest absolute Gasteiger partial charge is 0.452 e. The van der Waals surface area contributed by atoms with Gasteiger partial charge in [0, 0.05) is 16.6 Å². The Balaban J connectivity index is 2.05. The molecule has 1 fully saturated rings. The molecule has 0 spiro atoms. The predicted molar refractivity (Wildman–Crippen MR) is 98.1 cm³/mol. The standard InChI is InChI=1S/C17H22BrNO5S/c1-3-12(2)19(13-8-9-25(22,23)11-13)16(20)10-24-17(21)14-6-4-5-7-15(14)18/h4-7,12-13H,3,8-11H2,1-2H3. The molecule has 0 saturated carbocycles. The van der Waals surface area contributed by atoms with E-state index in [1.54, 1.807) is 29.2 Å². The minimum Gasteiger partial charge on any atom is -0.452 e. The van der Waals surface area contributed by atoms with Gasteiger partial charge in [0.2, 0.25) is 0 Å². The zero-order valence-corrected chi connectivity index (χ0v) is 16.7. The number of carbonyl (C=O) groups is 2. The maximum atomic E-state index is 12.6. The van der Waals surface area contributed by atoms with E-state index in [1.165, 1.54) is 0 Å². The highest BCUT2D eigenvalue weighted by molar-refractivity contribution is 9.10. The van der Waals surface area contributed by atoms with Gasteiger partial charge in [0.25, 0.3) is 5.91 Å². The zero-order valence-electron chi connectivity index (χ0n) is 14.3. The molecule has 1 aromatic carbocycles. The van der Waals surface area contributed by atoms with E-state index in [-0.39, 0.29) is 29.5 Å². The van der Waals surface area contributed by atoms with Gasteiger partial charge in [-0.3, -0.25) is 4.79 Å². The summed E-state index contributed by atoms with van der Waals surface area (Å²) in [5.41, 5.74) is 0.342. The summed E-state index contributed by atoms with van der Waals surface area (Å²) in [5, 5.41) is 0. The molecule has 0 aliphatic carbocycles. The lowest BCUT2D eigenvalue weighted by atomic mass is 10.1. The van der Waals surface area contributed by atoms with E-state index in [2.05, 4.69) is 15.9 Å². The van der Waals surface area contributed by atoms with Gasteiger partial charge < -0.3 is 9.64 Å². The number of amides is 1. The summed E-state index contributed by atoms with van der Waals surface area (Å²) < 4.78 is 29.2. The molecule has 138 valence electrons. The highest BCUT2D eigenvalue weighted by Gasteiger charge is 2.36. The van der Waals surface area contributed by atoms with Crippen LogP contribution in [-0.2, 0) is 19.4 Å². The molecule has 0 N–H and O–H groups in total. The number of rotatable bonds is 6. The van der Waals surface area contributed by atoms with Crippen LogP contribution in [0.15, 0.2) is 28.7 Å². The summed E-state index contributed by atoms with van der Waals surface area (Å²) in [5.74, 6) is -0.892. The van der Waals surface area contributed by atoms with Gasteiger partial charge in [0.15, 0.2) is 16.4 Å². The van der Waals surface area contributed by atoms with Crippen molar-refractivity contribution in [2.24, 2.45) is 0 Å². The van der Waals surface area contributed by atoms with Crippen molar-refractivity contribution in [1.29, 1.82) is 0 Å². The van der Waals surface area contributed by atoms with Crippen molar-refractivity contribution in [2.45, 2.75) is 38.8 Å². The molecule has 0 radical (unpaired) electrons. The van der Waals surface area contributed by atoms with Crippen LogP contribution < -0.4 is 0 Å². The lowest BCUT2D eigenvalue weighted by Crippen LogP contribution is -2.48. The number of esters is 1. The van der Waals surface area contributed by atoms with Crippen LogP contribution in [0.1, 0.15) is 37.0 Å². The summed E-state index contributed by atoms with van der Waals surface area (Å²) >= 11 is 3.27. The number of benzene rings is 1. The van der Waals surface area contributed by atoms with Crippen LogP contribution in [0.5, 0.6) is 0 Å². The predicted octanol–water partition coefficient (Wildman–Crippen LogP) is 2.42. The molecular weight excluding hydrogens is 410 g/mol. The van der Waals surface area contributed by atoms with Crippen molar-refractivity contribution in [3.8, 4) is 0 Å². The topological polar surface area (TPSA) is 80.8 Å². The van der Waals surface area contributed by atoms with E-state index in [4.69, 9.17) is 4.74 Å². The Labute approximate surface area is 156 Å². The van der Waals surface area contributed by atoms with Gasteiger partial charge in [-0.2, -0.15) is 0 Å². The maximum Gasteiger partial charge on any atom is 0.339 e. The Morgan fingerprint density at radius 1 is 1.36 bits per heavy atom. The fraction of sp³-hybridized carbons (Fsp3) is 0.529. The minimum atomic E-state index is -3.10. The molecule has 8 heteroatoms. The number of halogens is 1. The number of nitrogens with zero attached hydrogens (tertiary/aromatic N) is 1. The maximum absolute atomic E-state index is 12.6. The third kappa shape index (κ3) is 5.04. The molecule has 2 atom stereocenters. The first kappa shape index (κ1) is 19.9. The first-order chi connectivity index (χ1) is 11.7. The zero-order chi connectivity index (χ0) is 18.6. The lowest BCUT2D eigenvalue weighted by Gasteiger charge is -2.33.